The molecule has 47 heavy (non-hydrogen) atoms. The SMILES string of the molecule is [C-]#[N+]c1cc(-c2ccc3c(c2)sc2ccccc23)cc2c1oc1c(-n3c4ccccc4c4cc(-c5ccccc5)ccc43)cccc12. The molecule has 0 aliphatic rings. The summed E-state index contributed by atoms with van der Waals surface area (Å²) in [6, 6.07) is 51.4. The molecule has 0 bridgehead atoms. The number of nitrogens with zero attached hydrogens (tertiary/aromatic N) is 2. The van der Waals surface area contributed by atoms with Crippen LogP contribution in [0.2, 0.25) is 0 Å². The Labute approximate surface area is 274 Å². The molecule has 3 heterocycles. The molecule has 0 amide bonds. The number of furan rings is 1. The zero-order valence-corrected chi connectivity index (χ0v) is 25.9. The number of hydrogen-bond acceptors (Lipinski definition) is 2. The Hall–Kier alpha value is -6.15. The van der Waals surface area contributed by atoms with Gasteiger partial charge in [-0.2, -0.15) is 0 Å². The molecule has 4 heteroatoms. The van der Waals surface area contributed by atoms with Crippen LogP contribution in [-0.4, -0.2) is 4.57 Å². The van der Waals surface area contributed by atoms with E-state index < -0.39 is 0 Å². The van der Waals surface area contributed by atoms with Crippen LogP contribution in [0.5, 0.6) is 0 Å². The Morgan fingerprint density at radius 3 is 2.06 bits per heavy atom. The van der Waals surface area contributed by atoms with Crippen LogP contribution in [0.4, 0.5) is 5.69 Å². The molecule has 3 nitrogen and oxygen atoms in total. The van der Waals surface area contributed by atoms with E-state index in [4.69, 9.17) is 11.0 Å². The predicted molar refractivity (Wildman–Crippen MR) is 198 cm³/mol. The summed E-state index contributed by atoms with van der Waals surface area (Å²) in [4.78, 5) is 3.96. The van der Waals surface area contributed by atoms with Crippen molar-refractivity contribution in [2.24, 2.45) is 0 Å². The van der Waals surface area contributed by atoms with Crippen LogP contribution in [0.25, 0.3) is 96.7 Å². The summed E-state index contributed by atoms with van der Waals surface area (Å²) in [5.41, 5.74) is 9.60. The largest absolute Gasteiger partial charge is 0.465 e. The number of aromatic nitrogens is 1. The van der Waals surface area contributed by atoms with E-state index >= 15 is 0 Å². The van der Waals surface area contributed by atoms with Gasteiger partial charge in [-0.1, -0.05) is 97.1 Å². The van der Waals surface area contributed by atoms with Crippen molar-refractivity contribution in [2.45, 2.75) is 0 Å². The topological polar surface area (TPSA) is 22.4 Å². The first-order valence-corrected chi connectivity index (χ1v) is 16.4. The van der Waals surface area contributed by atoms with Crippen molar-refractivity contribution in [1.29, 1.82) is 0 Å². The molecule has 0 N–H and O–H groups in total. The first-order chi connectivity index (χ1) is 23.2. The van der Waals surface area contributed by atoms with Crippen molar-refractivity contribution >= 4 is 80.9 Å². The van der Waals surface area contributed by atoms with E-state index in [0.29, 0.717) is 11.3 Å². The van der Waals surface area contributed by atoms with Gasteiger partial charge in [0.1, 0.15) is 5.58 Å². The van der Waals surface area contributed by atoms with E-state index in [1.807, 2.05) is 23.5 Å². The molecule has 10 rings (SSSR count). The Morgan fingerprint density at radius 2 is 1.17 bits per heavy atom. The van der Waals surface area contributed by atoms with E-state index in [1.54, 1.807) is 0 Å². The highest BCUT2D eigenvalue weighted by molar-refractivity contribution is 7.25. The number of rotatable bonds is 3. The first-order valence-electron chi connectivity index (χ1n) is 15.6. The lowest BCUT2D eigenvalue weighted by atomic mass is 10.0. The van der Waals surface area contributed by atoms with E-state index in [-0.39, 0.29) is 0 Å². The molecule has 0 saturated carbocycles. The van der Waals surface area contributed by atoms with Gasteiger partial charge in [0.25, 0.3) is 0 Å². The number of hydrogen-bond donors (Lipinski definition) is 0. The summed E-state index contributed by atoms with van der Waals surface area (Å²) in [7, 11) is 0. The Kier molecular flexibility index (Phi) is 5.51. The maximum absolute atomic E-state index is 8.12. The maximum Gasteiger partial charge on any atom is 0.230 e. The van der Waals surface area contributed by atoms with Crippen molar-refractivity contribution in [3.05, 3.63) is 157 Å². The van der Waals surface area contributed by atoms with Gasteiger partial charge in [0.05, 0.1) is 23.3 Å². The van der Waals surface area contributed by atoms with Crippen molar-refractivity contribution < 1.29 is 4.42 Å². The monoisotopic (exact) mass is 616 g/mol. The van der Waals surface area contributed by atoms with Crippen molar-refractivity contribution in [1.82, 2.24) is 4.57 Å². The molecule has 218 valence electrons. The molecule has 0 aliphatic heterocycles. The maximum atomic E-state index is 8.12. The molecular formula is C43H24N2OS. The second-order valence-corrected chi connectivity index (χ2v) is 13.1. The van der Waals surface area contributed by atoms with Crippen LogP contribution in [0.3, 0.4) is 0 Å². The normalized spacial score (nSPS) is 11.8. The van der Waals surface area contributed by atoms with Crippen LogP contribution < -0.4 is 0 Å². The third-order valence-corrected chi connectivity index (χ3v) is 10.5. The highest BCUT2D eigenvalue weighted by Crippen LogP contribution is 2.44. The molecule has 7 aromatic carbocycles. The van der Waals surface area contributed by atoms with Gasteiger partial charge in [0, 0.05) is 41.7 Å². The second-order valence-electron chi connectivity index (χ2n) is 12.0. The minimum atomic E-state index is 0.519. The number of benzene rings is 7. The molecule has 3 aromatic heterocycles. The summed E-state index contributed by atoms with van der Waals surface area (Å²) in [5, 5.41) is 6.88. The second kappa shape index (κ2) is 9.92. The average molecular weight is 617 g/mol. The fourth-order valence-electron chi connectivity index (χ4n) is 7.24. The fourth-order valence-corrected chi connectivity index (χ4v) is 8.39. The Bertz CT molecular complexity index is 2920. The van der Waals surface area contributed by atoms with Crippen LogP contribution in [0.1, 0.15) is 0 Å². The molecule has 0 atom stereocenters. The minimum Gasteiger partial charge on any atom is -0.465 e. The lowest BCUT2D eigenvalue weighted by Crippen LogP contribution is -1.94. The third kappa shape index (κ3) is 3.85. The summed E-state index contributed by atoms with van der Waals surface area (Å²) in [5.74, 6) is 0. The molecule has 0 aliphatic carbocycles. The molecular weight excluding hydrogens is 593 g/mol. The molecule has 0 spiro atoms. The summed E-state index contributed by atoms with van der Waals surface area (Å²) in [6.07, 6.45) is 0. The summed E-state index contributed by atoms with van der Waals surface area (Å²) >= 11 is 1.81. The van der Waals surface area contributed by atoms with E-state index in [1.165, 1.54) is 42.1 Å². The third-order valence-electron chi connectivity index (χ3n) is 9.41. The molecule has 0 fully saturated rings. The molecule has 0 saturated heterocycles. The smallest absolute Gasteiger partial charge is 0.230 e. The van der Waals surface area contributed by atoms with Crippen molar-refractivity contribution in [2.75, 3.05) is 0 Å². The highest BCUT2D eigenvalue weighted by atomic mass is 32.1. The fraction of sp³-hybridized carbons (Fsp3) is 0. The lowest BCUT2D eigenvalue weighted by molar-refractivity contribution is 0.668. The summed E-state index contributed by atoms with van der Waals surface area (Å²) in [6.45, 7) is 8.12. The molecule has 10 aromatic rings. The molecule has 0 radical (unpaired) electrons. The van der Waals surface area contributed by atoms with Gasteiger partial charge in [0.2, 0.25) is 5.69 Å². The number of thiophene rings is 1. The van der Waals surface area contributed by atoms with Crippen LogP contribution in [-0.2, 0) is 0 Å². The lowest BCUT2D eigenvalue weighted by Gasteiger charge is -2.09. The minimum absolute atomic E-state index is 0.519. The van der Waals surface area contributed by atoms with Gasteiger partial charge in [-0.15, -0.1) is 11.3 Å². The van der Waals surface area contributed by atoms with Crippen LogP contribution in [0, 0.1) is 6.57 Å². The highest BCUT2D eigenvalue weighted by Gasteiger charge is 2.20. The van der Waals surface area contributed by atoms with Crippen molar-refractivity contribution in [3.8, 4) is 27.9 Å². The first kappa shape index (κ1) is 26.1. The number of para-hydroxylation sites is 2. The van der Waals surface area contributed by atoms with Gasteiger partial charge >= 0.3 is 0 Å². The standard InChI is InChI=1S/C43H24N2OS/c1-44-36-24-29(28-18-20-32-31-13-6-8-17-40(31)47-41(32)25-28)23-35-33-14-9-16-39(43(33)46-42(35)36)45-37-15-7-5-12-30(37)34-22-27(19-21-38(34)45)26-10-3-2-4-11-26/h2-25H. The van der Waals surface area contributed by atoms with Gasteiger partial charge in [-0.25, -0.2) is 4.85 Å². The molecule has 0 unspecified atom stereocenters. The van der Waals surface area contributed by atoms with Gasteiger partial charge in [-0.3, -0.25) is 0 Å². The average Bonchev–Trinajstić information content (AvgIpc) is 3.80. The van der Waals surface area contributed by atoms with Gasteiger partial charge in [-0.05, 0) is 70.8 Å². The Morgan fingerprint density at radius 1 is 0.468 bits per heavy atom. The van der Waals surface area contributed by atoms with E-state index in [9.17, 15) is 0 Å². The van der Waals surface area contributed by atoms with Gasteiger partial charge < -0.3 is 8.98 Å². The quantitative estimate of drug-likeness (QED) is 0.181. The van der Waals surface area contributed by atoms with Gasteiger partial charge in [0.15, 0.2) is 5.58 Å². The summed E-state index contributed by atoms with van der Waals surface area (Å²) < 4.78 is 11.5. The Balaban J connectivity index is 1.20. The van der Waals surface area contributed by atoms with Crippen LogP contribution in [0.15, 0.2) is 150 Å². The zero-order chi connectivity index (χ0) is 31.1. The van der Waals surface area contributed by atoms with E-state index in [0.717, 1.165) is 44.2 Å². The van der Waals surface area contributed by atoms with Crippen molar-refractivity contribution in [3.63, 3.8) is 0 Å². The zero-order valence-electron chi connectivity index (χ0n) is 25.1. The number of fused-ring (bicyclic) bond motifs is 9. The van der Waals surface area contributed by atoms with E-state index in [2.05, 4.69) is 143 Å². The predicted octanol–water partition coefficient (Wildman–Crippen LogP) is 12.9. The van der Waals surface area contributed by atoms with Crippen LogP contribution >= 0.6 is 11.3 Å².